The molecule has 3 rings (SSSR count). The summed E-state index contributed by atoms with van der Waals surface area (Å²) in [6.45, 7) is 2.54. The van der Waals surface area contributed by atoms with Crippen LogP contribution in [0.2, 0.25) is 0 Å². The van der Waals surface area contributed by atoms with Crippen LogP contribution < -0.4 is 10.3 Å². The molecule has 0 aromatic heterocycles. The van der Waals surface area contributed by atoms with Gasteiger partial charge in [-0.3, -0.25) is 14.9 Å². The molecule has 9 heteroatoms. The molecule has 1 N–H and O–H groups in total. The Kier molecular flexibility index (Phi) is 6.15. The van der Waals surface area contributed by atoms with Crippen molar-refractivity contribution in [3.63, 3.8) is 0 Å². The third kappa shape index (κ3) is 4.69. The Labute approximate surface area is 164 Å². The fraction of sp³-hybridized carbons (Fsp3) is 0.222. The van der Waals surface area contributed by atoms with Crippen molar-refractivity contribution < 1.29 is 14.5 Å². The summed E-state index contributed by atoms with van der Waals surface area (Å²) < 4.78 is 6.01. The highest BCUT2D eigenvalue weighted by molar-refractivity contribution is 9.10. The Morgan fingerprint density at radius 2 is 2.00 bits per heavy atom. The number of nitrogens with zero attached hydrogens (tertiary/aromatic N) is 3. The van der Waals surface area contributed by atoms with E-state index in [0.29, 0.717) is 41.9 Å². The molecule has 0 atom stereocenters. The number of morpholine rings is 1. The molecule has 0 spiro atoms. The highest BCUT2D eigenvalue weighted by Gasteiger charge is 2.17. The predicted octanol–water partition coefficient (Wildman–Crippen LogP) is 2.96. The van der Waals surface area contributed by atoms with Gasteiger partial charge in [0.25, 0.3) is 11.6 Å². The van der Waals surface area contributed by atoms with Gasteiger partial charge in [-0.25, -0.2) is 5.43 Å². The van der Waals surface area contributed by atoms with Crippen LogP contribution in [-0.4, -0.2) is 43.3 Å². The summed E-state index contributed by atoms with van der Waals surface area (Å²) in [4.78, 5) is 24.9. The summed E-state index contributed by atoms with van der Waals surface area (Å²) in [6, 6.07) is 11.6. The maximum absolute atomic E-state index is 12.2. The van der Waals surface area contributed by atoms with Gasteiger partial charge in [0, 0.05) is 40.9 Å². The number of non-ortho nitro benzene ring substituents is 1. The van der Waals surface area contributed by atoms with Crippen LogP contribution in [0.5, 0.6) is 0 Å². The van der Waals surface area contributed by atoms with E-state index in [1.807, 2.05) is 6.07 Å². The molecule has 1 aliphatic heterocycles. The van der Waals surface area contributed by atoms with Gasteiger partial charge in [-0.15, -0.1) is 0 Å². The van der Waals surface area contributed by atoms with Crippen molar-refractivity contribution in [1.82, 2.24) is 5.43 Å². The molecule has 8 nitrogen and oxygen atoms in total. The van der Waals surface area contributed by atoms with Crippen molar-refractivity contribution in [3.8, 4) is 0 Å². The first-order chi connectivity index (χ1) is 13.1. The summed E-state index contributed by atoms with van der Waals surface area (Å²) in [7, 11) is 0. The van der Waals surface area contributed by atoms with E-state index in [1.165, 1.54) is 18.3 Å². The molecule has 0 unspecified atom stereocenters. The topological polar surface area (TPSA) is 97.1 Å². The van der Waals surface area contributed by atoms with Gasteiger partial charge in [-0.2, -0.15) is 5.10 Å². The van der Waals surface area contributed by atoms with E-state index in [0.717, 1.165) is 5.69 Å². The third-order valence-electron chi connectivity index (χ3n) is 4.06. The van der Waals surface area contributed by atoms with Crippen LogP contribution in [0, 0.1) is 10.1 Å². The van der Waals surface area contributed by atoms with Crippen molar-refractivity contribution >= 4 is 39.4 Å². The number of hydrogen-bond donors (Lipinski definition) is 1. The lowest BCUT2D eigenvalue weighted by molar-refractivity contribution is -0.384. The second-order valence-corrected chi connectivity index (χ2v) is 6.63. The summed E-state index contributed by atoms with van der Waals surface area (Å²) in [6.07, 6.45) is 1.42. The van der Waals surface area contributed by atoms with Gasteiger partial charge in [-0.05, 0) is 34.1 Å². The van der Waals surface area contributed by atoms with Crippen molar-refractivity contribution in [2.24, 2.45) is 5.10 Å². The number of benzene rings is 2. The standard InChI is InChI=1S/C18H17BrN4O4/c19-16-4-2-1-3-15(16)18(24)21-20-12-13-11-14(23(25)26)5-6-17(13)22-7-9-27-10-8-22/h1-6,11-12H,7-10H2,(H,21,24)/b20-12-. The maximum Gasteiger partial charge on any atom is 0.272 e. The van der Waals surface area contributed by atoms with Gasteiger partial charge < -0.3 is 9.64 Å². The number of nitro groups is 1. The lowest BCUT2D eigenvalue weighted by Gasteiger charge is -2.29. The van der Waals surface area contributed by atoms with Gasteiger partial charge in [-0.1, -0.05) is 12.1 Å². The Bertz CT molecular complexity index is 881. The zero-order valence-corrected chi connectivity index (χ0v) is 15.9. The minimum atomic E-state index is -0.458. The average Bonchev–Trinajstić information content (AvgIpc) is 2.68. The Balaban J connectivity index is 1.82. The highest BCUT2D eigenvalue weighted by Crippen LogP contribution is 2.25. The number of hydrogen-bond acceptors (Lipinski definition) is 6. The SMILES string of the molecule is O=C(N/N=C\c1cc([N+](=O)[O-])ccc1N1CCOCC1)c1ccccc1Br. The van der Waals surface area contributed by atoms with Gasteiger partial charge in [0.2, 0.25) is 0 Å². The normalized spacial score (nSPS) is 14.3. The number of amides is 1. The van der Waals surface area contributed by atoms with Crippen LogP contribution in [0.3, 0.4) is 0 Å². The molecule has 0 bridgehead atoms. The summed E-state index contributed by atoms with van der Waals surface area (Å²) in [5.41, 5.74) is 4.23. The number of ether oxygens (including phenoxy) is 1. The number of halogens is 1. The van der Waals surface area contributed by atoms with E-state index in [9.17, 15) is 14.9 Å². The van der Waals surface area contributed by atoms with E-state index < -0.39 is 4.92 Å². The first-order valence-electron chi connectivity index (χ1n) is 8.25. The molecule has 2 aromatic rings. The van der Waals surface area contributed by atoms with E-state index in [4.69, 9.17) is 4.74 Å². The fourth-order valence-electron chi connectivity index (χ4n) is 2.72. The van der Waals surface area contributed by atoms with Crippen LogP contribution in [0.15, 0.2) is 52.0 Å². The Hall–Kier alpha value is -2.78. The van der Waals surface area contributed by atoms with E-state index in [1.54, 1.807) is 24.3 Å². The van der Waals surface area contributed by atoms with Crippen molar-refractivity contribution in [3.05, 3.63) is 68.2 Å². The maximum atomic E-state index is 12.2. The van der Waals surface area contributed by atoms with E-state index >= 15 is 0 Å². The lowest BCUT2D eigenvalue weighted by Crippen LogP contribution is -2.36. The average molecular weight is 433 g/mol. The van der Waals surface area contributed by atoms with E-state index in [-0.39, 0.29) is 11.6 Å². The Morgan fingerprint density at radius 3 is 2.70 bits per heavy atom. The monoisotopic (exact) mass is 432 g/mol. The molecule has 1 amide bonds. The molecule has 1 saturated heterocycles. The smallest absolute Gasteiger partial charge is 0.272 e. The number of hydrazone groups is 1. The molecule has 2 aromatic carbocycles. The third-order valence-corrected chi connectivity index (χ3v) is 4.75. The summed E-state index contributed by atoms with van der Waals surface area (Å²) in [5, 5.41) is 15.1. The molecular weight excluding hydrogens is 416 g/mol. The zero-order chi connectivity index (χ0) is 19.2. The quantitative estimate of drug-likeness (QED) is 0.444. The highest BCUT2D eigenvalue weighted by atomic mass is 79.9. The molecule has 0 saturated carbocycles. The number of nitro benzene ring substituents is 1. The zero-order valence-electron chi connectivity index (χ0n) is 14.3. The molecule has 1 aliphatic rings. The van der Waals surface area contributed by atoms with Gasteiger partial charge >= 0.3 is 0 Å². The van der Waals surface area contributed by atoms with Crippen molar-refractivity contribution in [2.45, 2.75) is 0 Å². The molecule has 1 heterocycles. The lowest BCUT2D eigenvalue weighted by atomic mass is 10.1. The summed E-state index contributed by atoms with van der Waals surface area (Å²) in [5.74, 6) is -0.378. The van der Waals surface area contributed by atoms with Crippen LogP contribution in [0.1, 0.15) is 15.9 Å². The fourth-order valence-corrected chi connectivity index (χ4v) is 3.18. The van der Waals surface area contributed by atoms with Crippen molar-refractivity contribution in [2.75, 3.05) is 31.2 Å². The minimum absolute atomic E-state index is 0.0365. The van der Waals surface area contributed by atoms with Crippen molar-refractivity contribution in [1.29, 1.82) is 0 Å². The van der Waals surface area contributed by atoms with Crippen LogP contribution >= 0.6 is 15.9 Å². The van der Waals surface area contributed by atoms with Crippen LogP contribution in [0.25, 0.3) is 0 Å². The minimum Gasteiger partial charge on any atom is -0.378 e. The van der Waals surface area contributed by atoms with E-state index in [2.05, 4.69) is 31.4 Å². The molecule has 0 radical (unpaired) electrons. The van der Waals surface area contributed by atoms with Gasteiger partial charge in [0.1, 0.15) is 0 Å². The molecule has 140 valence electrons. The van der Waals surface area contributed by atoms with Gasteiger partial charge in [0.05, 0.1) is 29.9 Å². The second kappa shape index (κ2) is 8.74. The van der Waals surface area contributed by atoms with Crippen LogP contribution in [-0.2, 0) is 4.74 Å². The molecule has 0 aliphatic carbocycles. The first-order valence-corrected chi connectivity index (χ1v) is 9.04. The molecular formula is C18H17BrN4O4. The number of anilines is 1. The molecule has 27 heavy (non-hydrogen) atoms. The number of carbonyl (C=O) groups excluding carboxylic acids is 1. The second-order valence-electron chi connectivity index (χ2n) is 5.78. The predicted molar refractivity (Wildman–Crippen MR) is 105 cm³/mol. The Morgan fingerprint density at radius 1 is 1.26 bits per heavy atom. The largest absolute Gasteiger partial charge is 0.378 e. The number of carbonyl (C=O) groups is 1. The van der Waals surface area contributed by atoms with Gasteiger partial charge in [0.15, 0.2) is 0 Å². The summed E-state index contributed by atoms with van der Waals surface area (Å²) >= 11 is 3.32. The van der Waals surface area contributed by atoms with Crippen LogP contribution in [0.4, 0.5) is 11.4 Å². The number of nitrogens with one attached hydrogen (secondary N) is 1. The first kappa shape index (κ1) is 19.0. The number of rotatable bonds is 5. The molecule has 1 fully saturated rings.